The second-order valence-electron chi connectivity index (χ2n) is 8.31. The molecule has 2 saturated heterocycles. The summed E-state index contributed by atoms with van der Waals surface area (Å²) in [4.78, 5) is 19.0. The molecule has 29 heavy (non-hydrogen) atoms. The molecule has 2 aliphatic rings. The molecule has 1 atom stereocenters. The van der Waals surface area contributed by atoms with Crippen molar-refractivity contribution in [2.24, 2.45) is 5.92 Å². The number of fused-ring (bicyclic) bond motifs is 1. The third-order valence-electron chi connectivity index (χ3n) is 6.15. The van der Waals surface area contributed by atoms with Crippen LogP contribution in [0, 0.1) is 11.7 Å². The van der Waals surface area contributed by atoms with E-state index in [-0.39, 0.29) is 17.8 Å². The fraction of sp³-hybridized carbons (Fsp3) is 0.565. The smallest absolute Gasteiger partial charge is 0.220 e. The minimum absolute atomic E-state index is 0.144. The van der Waals surface area contributed by atoms with Crippen LogP contribution in [0.4, 0.5) is 4.39 Å². The maximum absolute atomic E-state index is 14.0. The average molecular weight is 400 g/mol. The second-order valence-corrected chi connectivity index (χ2v) is 8.31. The highest BCUT2D eigenvalue weighted by Crippen LogP contribution is 2.24. The highest BCUT2D eigenvalue weighted by Gasteiger charge is 2.21. The topological polar surface area (TPSA) is 54.5 Å². The Bertz CT molecular complexity index is 830. The molecule has 6 heteroatoms. The summed E-state index contributed by atoms with van der Waals surface area (Å²) in [5.74, 6) is 0.480. The molecule has 2 fully saturated rings. The van der Waals surface area contributed by atoms with Crippen LogP contribution in [0.15, 0.2) is 30.3 Å². The van der Waals surface area contributed by atoms with Gasteiger partial charge in [0.05, 0.1) is 11.8 Å². The number of ether oxygens (including phenoxy) is 1. The summed E-state index contributed by atoms with van der Waals surface area (Å²) in [6, 6.07) is 9.00. The van der Waals surface area contributed by atoms with Crippen molar-refractivity contribution in [3.8, 4) is 0 Å². The number of carbonyl (C=O) groups is 1. The van der Waals surface area contributed by atoms with Crippen LogP contribution in [0.2, 0.25) is 0 Å². The van der Waals surface area contributed by atoms with Gasteiger partial charge in [0.1, 0.15) is 11.3 Å². The molecule has 1 aromatic heterocycles. The maximum Gasteiger partial charge on any atom is 0.220 e. The van der Waals surface area contributed by atoms with Crippen molar-refractivity contribution in [1.82, 2.24) is 15.2 Å². The number of nitrogens with zero attached hydrogens (tertiary/aromatic N) is 2. The lowest BCUT2D eigenvalue weighted by atomic mass is 9.92. The number of benzene rings is 1. The molecule has 0 unspecified atom stereocenters. The summed E-state index contributed by atoms with van der Waals surface area (Å²) in [6.07, 6.45) is 6.11. The molecular formula is C23H30FN3O2. The number of piperidine rings is 1. The molecule has 0 radical (unpaired) electrons. The van der Waals surface area contributed by atoms with Gasteiger partial charge in [0, 0.05) is 31.5 Å². The number of hydrogen-bond donors (Lipinski definition) is 1. The lowest BCUT2D eigenvalue weighted by Crippen LogP contribution is -2.35. The molecule has 1 amide bonds. The minimum atomic E-state index is -0.263. The van der Waals surface area contributed by atoms with Crippen LogP contribution >= 0.6 is 0 Å². The highest BCUT2D eigenvalue weighted by molar-refractivity contribution is 5.79. The van der Waals surface area contributed by atoms with Gasteiger partial charge >= 0.3 is 0 Å². The lowest BCUT2D eigenvalue weighted by Gasteiger charge is -2.31. The molecule has 1 N–H and O–H groups in total. The number of para-hydroxylation sites is 1. The first kappa shape index (κ1) is 20.2. The first-order valence-corrected chi connectivity index (χ1v) is 10.8. The zero-order valence-electron chi connectivity index (χ0n) is 16.9. The first-order chi connectivity index (χ1) is 14.2. The van der Waals surface area contributed by atoms with Crippen molar-refractivity contribution < 1.29 is 13.9 Å². The molecule has 3 heterocycles. The summed E-state index contributed by atoms with van der Waals surface area (Å²) in [5, 5.41) is 3.85. The Kier molecular flexibility index (Phi) is 6.72. The third kappa shape index (κ3) is 5.52. The van der Waals surface area contributed by atoms with Crippen LogP contribution in [0.25, 0.3) is 10.9 Å². The summed E-state index contributed by atoms with van der Waals surface area (Å²) in [6.45, 7) is 4.22. The minimum Gasteiger partial charge on any atom is -0.376 e. The van der Waals surface area contributed by atoms with Crippen molar-refractivity contribution in [3.63, 3.8) is 0 Å². The molecule has 4 rings (SSSR count). The Morgan fingerprint density at radius 2 is 2.07 bits per heavy atom. The van der Waals surface area contributed by atoms with Crippen LogP contribution < -0.4 is 5.32 Å². The Balaban J connectivity index is 1.18. The van der Waals surface area contributed by atoms with Gasteiger partial charge in [0.15, 0.2) is 0 Å². The van der Waals surface area contributed by atoms with E-state index in [2.05, 4.69) is 15.2 Å². The van der Waals surface area contributed by atoms with Crippen molar-refractivity contribution in [3.05, 3.63) is 41.8 Å². The van der Waals surface area contributed by atoms with Gasteiger partial charge in [-0.05, 0) is 63.2 Å². The predicted molar refractivity (Wildman–Crippen MR) is 111 cm³/mol. The van der Waals surface area contributed by atoms with Gasteiger partial charge in [-0.3, -0.25) is 9.69 Å². The van der Waals surface area contributed by atoms with Gasteiger partial charge < -0.3 is 10.1 Å². The van der Waals surface area contributed by atoms with Crippen LogP contribution in [-0.2, 0) is 16.1 Å². The van der Waals surface area contributed by atoms with E-state index >= 15 is 0 Å². The van der Waals surface area contributed by atoms with Gasteiger partial charge in [-0.15, -0.1) is 0 Å². The molecule has 2 aliphatic heterocycles. The number of likely N-dealkylation sites (tertiary alicyclic amines) is 1. The summed E-state index contributed by atoms with van der Waals surface area (Å²) in [7, 11) is 0. The van der Waals surface area contributed by atoms with Crippen LogP contribution in [0.1, 0.15) is 44.2 Å². The number of hydrogen-bond acceptors (Lipinski definition) is 4. The quantitative estimate of drug-likeness (QED) is 0.772. The Hall–Kier alpha value is -2.05. The SMILES string of the molecule is O=C(CCC1CCN(Cc2ccc3cccc(F)c3n2)CC1)NC[C@@H]1CCCO1. The van der Waals surface area contributed by atoms with Crippen LogP contribution in [-0.4, -0.2) is 48.1 Å². The van der Waals surface area contributed by atoms with Crippen molar-refractivity contribution in [1.29, 1.82) is 0 Å². The third-order valence-corrected chi connectivity index (χ3v) is 6.15. The van der Waals surface area contributed by atoms with Crippen molar-refractivity contribution in [2.45, 2.75) is 51.2 Å². The zero-order chi connectivity index (χ0) is 20.1. The number of halogens is 1. The number of amides is 1. The van der Waals surface area contributed by atoms with E-state index in [1.807, 2.05) is 18.2 Å². The molecule has 5 nitrogen and oxygen atoms in total. The van der Waals surface area contributed by atoms with Crippen LogP contribution in [0.3, 0.4) is 0 Å². The molecule has 0 bridgehead atoms. The second kappa shape index (κ2) is 9.63. The van der Waals surface area contributed by atoms with E-state index in [4.69, 9.17) is 4.74 Å². The van der Waals surface area contributed by atoms with E-state index in [0.29, 0.717) is 24.4 Å². The van der Waals surface area contributed by atoms with Gasteiger partial charge in [-0.2, -0.15) is 0 Å². The van der Waals surface area contributed by atoms with Gasteiger partial charge in [0.2, 0.25) is 5.91 Å². The normalized spacial score (nSPS) is 20.9. The van der Waals surface area contributed by atoms with Crippen molar-refractivity contribution >= 4 is 16.8 Å². The Labute approximate surface area is 171 Å². The molecule has 2 aromatic rings. The van der Waals surface area contributed by atoms with E-state index in [0.717, 1.165) is 69.4 Å². The molecule has 156 valence electrons. The Morgan fingerprint density at radius 3 is 2.86 bits per heavy atom. The van der Waals surface area contributed by atoms with Gasteiger partial charge in [-0.25, -0.2) is 9.37 Å². The van der Waals surface area contributed by atoms with E-state index in [9.17, 15) is 9.18 Å². The zero-order valence-corrected chi connectivity index (χ0v) is 16.9. The number of pyridine rings is 1. The van der Waals surface area contributed by atoms with Gasteiger partial charge in [0.25, 0.3) is 0 Å². The summed E-state index contributed by atoms with van der Waals surface area (Å²) >= 11 is 0. The number of aromatic nitrogens is 1. The van der Waals surface area contributed by atoms with E-state index in [1.54, 1.807) is 6.07 Å². The average Bonchev–Trinajstić information content (AvgIpc) is 3.26. The monoisotopic (exact) mass is 399 g/mol. The number of carbonyl (C=O) groups excluding carboxylic acids is 1. The summed E-state index contributed by atoms with van der Waals surface area (Å²) < 4.78 is 19.5. The fourth-order valence-corrected chi connectivity index (χ4v) is 4.36. The van der Waals surface area contributed by atoms with E-state index < -0.39 is 0 Å². The molecule has 0 aliphatic carbocycles. The number of rotatable bonds is 7. The standard InChI is InChI=1S/C23H30FN3O2/c24-21-5-1-3-18-7-8-19(26-23(18)21)16-27-12-10-17(11-13-27)6-9-22(28)25-15-20-4-2-14-29-20/h1,3,5,7-8,17,20H,2,4,6,9-16H2,(H,25,28)/t20-/m0/s1. The first-order valence-electron chi connectivity index (χ1n) is 10.8. The molecule has 1 aromatic carbocycles. The Morgan fingerprint density at radius 1 is 1.21 bits per heavy atom. The number of nitrogens with one attached hydrogen (secondary N) is 1. The van der Waals surface area contributed by atoms with Crippen molar-refractivity contribution in [2.75, 3.05) is 26.2 Å². The summed E-state index contributed by atoms with van der Waals surface area (Å²) in [5.41, 5.74) is 1.36. The molecule has 0 saturated carbocycles. The molecular weight excluding hydrogens is 369 g/mol. The predicted octanol–water partition coefficient (Wildman–Crippen LogP) is 3.66. The van der Waals surface area contributed by atoms with Crippen LogP contribution in [0.5, 0.6) is 0 Å². The fourth-order valence-electron chi connectivity index (χ4n) is 4.36. The molecule has 0 spiro atoms. The lowest BCUT2D eigenvalue weighted by molar-refractivity contribution is -0.122. The van der Waals surface area contributed by atoms with Gasteiger partial charge in [-0.1, -0.05) is 18.2 Å². The largest absolute Gasteiger partial charge is 0.376 e. The maximum atomic E-state index is 14.0. The highest BCUT2D eigenvalue weighted by atomic mass is 19.1. The van der Waals surface area contributed by atoms with E-state index in [1.165, 1.54) is 6.07 Å².